The summed E-state index contributed by atoms with van der Waals surface area (Å²) in [4.78, 5) is 22.0. The molecule has 2 aromatic rings. The van der Waals surface area contributed by atoms with E-state index in [0.717, 1.165) is 16.1 Å². The molecule has 7 heteroatoms. The van der Waals surface area contributed by atoms with Crippen LogP contribution in [0.25, 0.3) is 0 Å². The van der Waals surface area contributed by atoms with E-state index in [1.165, 1.54) is 12.1 Å². The highest BCUT2D eigenvalue weighted by Crippen LogP contribution is 2.25. The molecule has 0 bridgehead atoms. The molecular formula is C14H9BrClNO4. The molecule has 2 aromatic carbocycles. The third-order valence-electron chi connectivity index (χ3n) is 2.64. The number of carbonyl (C=O) groups excluding carboxylic acids is 1. The van der Waals surface area contributed by atoms with Crippen LogP contribution in [0.15, 0.2) is 46.9 Å². The fourth-order valence-corrected chi connectivity index (χ4v) is 2.27. The monoisotopic (exact) mass is 369 g/mol. The summed E-state index contributed by atoms with van der Waals surface area (Å²) >= 11 is 9.00. The number of rotatable bonds is 4. The van der Waals surface area contributed by atoms with Gasteiger partial charge in [-0.1, -0.05) is 39.7 Å². The van der Waals surface area contributed by atoms with Crippen molar-refractivity contribution in [1.29, 1.82) is 0 Å². The number of esters is 1. The number of nitrogens with zero attached hydrogens (tertiary/aromatic N) is 1. The molecule has 0 aliphatic carbocycles. The predicted molar refractivity (Wildman–Crippen MR) is 81.4 cm³/mol. The van der Waals surface area contributed by atoms with Gasteiger partial charge in [-0.2, -0.15) is 0 Å². The lowest BCUT2D eigenvalue weighted by Crippen LogP contribution is -2.06. The molecular weight excluding hydrogens is 362 g/mol. The Kier molecular flexibility index (Phi) is 4.93. The highest BCUT2D eigenvalue weighted by atomic mass is 79.9. The van der Waals surface area contributed by atoms with Gasteiger partial charge in [0.25, 0.3) is 5.69 Å². The second-order valence-electron chi connectivity index (χ2n) is 4.13. The second kappa shape index (κ2) is 6.69. The second-order valence-corrected chi connectivity index (χ2v) is 5.45. The summed E-state index contributed by atoms with van der Waals surface area (Å²) in [5.41, 5.74) is 0.566. The zero-order chi connectivity index (χ0) is 15.4. The molecule has 0 N–H and O–H groups in total. The zero-order valence-electron chi connectivity index (χ0n) is 10.6. The number of hydrogen-bond donors (Lipinski definition) is 0. The summed E-state index contributed by atoms with van der Waals surface area (Å²) in [6.45, 7) is 0.0781. The Balaban J connectivity index is 2.10. The van der Waals surface area contributed by atoms with E-state index in [0.29, 0.717) is 0 Å². The molecule has 108 valence electrons. The molecule has 0 atom stereocenters. The number of nitro benzene ring substituents is 1. The van der Waals surface area contributed by atoms with E-state index < -0.39 is 10.9 Å². The van der Waals surface area contributed by atoms with Crippen LogP contribution >= 0.6 is 27.5 Å². The molecule has 0 aromatic heterocycles. The first-order chi connectivity index (χ1) is 9.97. The van der Waals surface area contributed by atoms with E-state index >= 15 is 0 Å². The lowest BCUT2D eigenvalue weighted by atomic mass is 10.2. The normalized spacial score (nSPS) is 10.2. The summed E-state index contributed by atoms with van der Waals surface area (Å²) in [5.74, 6) is -0.644. The number of benzene rings is 2. The van der Waals surface area contributed by atoms with Gasteiger partial charge in [-0.15, -0.1) is 0 Å². The van der Waals surface area contributed by atoms with E-state index in [9.17, 15) is 14.9 Å². The average molecular weight is 371 g/mol. The van der Waals surface area contributed by atoms with Crippen molar-refractivity contribution in [3.63, 3.8) is 0 Å². The minimum atomic E-state index is -0.645. The van der Waals surface area contributed by atoms with Crippen molar-refractivity contribution in [3.05, 3.63) is 73.2 Å². The van der Waals surface area contributed by atoms with Crippen LogP contribution in [0, 0.1) is 10.1 Å². The van der Waals surface area contributed by atoms with Gasteiger partial charge in [0.1, 0.15) is 11.6 Å². The van der Waals surface area contributed by atoms with Crippen molar-refractivity contribution in [3.8, 4) is 0 Å². The molecule has 0 saturated heterocycles. The summed E-state index contributed by atoms with van der Waals surface area (Å²) in [5, 5.41) is 10.8. The summed E-state index contributed by atoms with van der Waals surface area (Å²) in [6, 6.07) is 11.1. The molecule has 0 radical (unpaired) electrons. The van der Waals surface area contributed by atoms with Crippen LogP contribution in [0.5, 0.6) is 0 Å². The van der Waals surface area contributed by atoms with E-state index in [2.05, 4.69) is 15.9 Å². The number of carbonyl (C=O) groups is 1. The zero-order valence-corrected chi connectivity index (χ0v) is 12.9. The minimum Gasteiger partial charge on any atom is -0.457 e. The van der Waals surface area contributed by atoms with Crippen LogP contribution in [0.1, 0.15) is 15.9 Å². The first-order valence-corrected chi connectivity index (χ1v) is 7.00. The smallest absolute Gasteiger partial charge is 0.338 e. The maximum Gasteiger partial charge on any atom is 0.338 e. The molecule has 0 saturated carbocycles. The van der Waals surface area contributed by atoms with Gasteiger partial charge in [0.05, 0.1) is 10.5 Å². The molecule has 0 unspecified atom stereocenters. The summed E-state index contributed by atoms with van der Waals surface area (Å²) in [7, 11) is 0. The lowest BCUT2D eigenvalue weighted by molar-refractivity contribution is -0.384. The summed E-state index contributed by atoms with van der Waals surface area (Å²) in [6.07, 6.45) is 0. The Bertz CT molecular complexity index is 705. The third-order valence-corrected chi connectivity index (χ3v) is 3.45. The maximum atomic E-state index is 11.9. The van der Waals surface area contributed by atoms with Crippen molar-refractivity contribution < 1.29 is 14.5 Å². The van der Waals surface area contributed by atoms with Crippen molar-refractivity contribution in [2.24, 2.45) is 0 Å². The fraction of sp³-hybridized carbons (Fsp3) is 0.0714. The molecule has 0 aliphatic heterocycles. The van der Waals surface area contributed by atoms with Gasteiger partial charge in [-0.05, 0) is 29.8 Å². The standard InChI is InChI=1S/C14H9BrClNO4/c15-11-3-1-2-9(6-11)8-21-14(18)10-4-5-12(16)13(7-10)17(19)20/h1-7H,8H2. The summed E-state index contributed by atoms with van der Waals surface area (Å²) < 4.78 is 5.99. The van der Waals surface area contributed by atoms with Crippen LogP contribution in [0.3, 0.4) is 0 Å². The van der Waals surface area contributed by atoms with Gasteiger partial charge < -0.3 is 4.74 Å². The van der Waals surface area contributed by atoms with E-state index in [-0.39, 0.29) is 22.9 Å². The molecule has 0 spiro atoms. The van der Waals surface area contributed by atoms with Crippen LogP contribution in [-0.4, -0.2) is 10.9 Å². The molecule has 0 fully saturated rings. The molecule has 2 rings (SSSR count). The van der Waals surface area contributed by atoms with Crippen molar-refractivity contribution in [1.82, 2.24) is 0 Å². The Hall–Kier alpha value is -1.92. The van der Waals surface area contributed by atoms with Crippen LogP contribution in [-0.2, 0) is 11.3 Å². The highest BCUT2D eigenvalue weighted by Gasteiger charge is 2.17. The number of ether oxygens (including phenoxy) is 1. The highest BCUT2D eigenvalue weighted by molar-refractivity contribution is 9.10. The molecule has 0 amide bonds. The number of nitro groups is 1. The predicted octanol–water partition coefficient (Wildman–Crippen LogP) is 4.37. The molecule has 5 nitrogen and oxygen atoms in total. The maximum absolute atomic E-state index is 11.9. The molecule has 0 heterocycles. The van der Waals surface area contributed by atoms with Gasteiger partial charge in [-0.3, -0.25) is 10.1 Å². The van der Waals surface area contributed by atoms with E-state index in [1.54, 1.807) is 0 Å². The first-order valence-electron chi connectivity index (χ1n) is 5.83. The van der Waals surface area contributed by atoms with E-state index in [1.807, 2.05) is 24.3 Å². The first kappa shape index (κ1) is 15.5. The van der Waals surface area contributed by atoms with Crippen molar-refractivity contribution >= 4 is 39.2 Å². The number of halogens is 2. The van der Waals surface area contributed by atoms with Crippen LogP contribution in [0.2, 0.25) is 5.02 Å². The Morgan fingerprint density at radius 2 is 2.05 bits per heavy atom. The van der Waals surface area contributed by atoms with Gasteiger partial charge in [0.15, 0.2) is 0 Å². The topological polar surface area (TPSA) is 69.4 Å². The largest absolute Gasteiger partial charge is 0.457 e. The van der Waals surface area contributed by atoms with Crippen LogP contribution < -0.4 is 0 Å². The van der Waals surface area contributed by atoms with Gasteiger partial charge in [0.2, 0.25) is 0 Å². The average Bonchev–Trinajstić information content (AvgIpc) is 2.45. The van der Waals surface area contributed by atoms with Gasteiger partial charge >= 0.3 is 5.97 Å². The fourth-order valence-electron chi connectivity index (χ4n) is 1.64. The Labute approximate surface area is 133 Å². The van der Waals surface area contributed by atoms with E-state index in [4.69, 9.17) is 16.3 Å². The Morgan fingerprint density at radius 3 is 2.71 bits per heavy atom. The third kappa shape index (κ3) is 4.03. The SMILES string of the molecule is O=C(OCc1cccc(Br)c1)c1ccc(Cl)c([N+](=O)[O-])c1. The van der Waals surface area contributed by atoms with Crippen molar-refractivity contribution in [2.45, 2.75) is 6.61 Å². The Morgan fingerprint density at radius 1 is 1.29 bits per heavy atom. The quantitative estimate of drug-likeness (QED) is 0.455. The number of hydrogen-bond acceptors (Lipinski definition) is 4. The van der Waals surface area contributed by atoms with Crippen molar-refractivity contribution in [2.75, 3.05) is 0 Å². The molecule has 0 aliphatic rings. The lowest BCUT2D eigenvalue weighted by Gasteiger charge is -2.06. The molecule has 21 heavy (non-hydrogen) atoms. The van der Waals surface area contributed by atoms with Gasteiger partial charge in [0, 0.05) is 10.5 Å². The van der Waals surface area contributed by atoms with Gasteiger partial charge in [-0.25, -0.2) is 4.79 Å². The van der Waals surface area contributed by atoms with Crippen LogP contribution in [0.4, 0.5) is 5.69 Å². The minimum absolute atomic E-state index is 0.0245.